The number of nitrogens with zero attached hydrogens (tertiary/aromatic N) is 3. The van der Waals surface area contributed by atoms with Gasteiger partial charge in [-0.15, -0.1) is 11.3 Å². The molecule has 2 aromatic carbocycles. The van der Waals surface area contributed by atoms with Crippen molar-refractivity contribution < 1.29 is 9.90 Å². The van der Waals surface area contributed by atoms with Gasteiger partial charge in [0.25, 0.3) is 0 Å². The summed E-state index contributed by atoms with van der Waals surface area (Å²) >= 11 is 1.19. The van der Waals surface area contributed by atoms with Gasteiger partial charge in [-0.25, -0.2) is 14.8 Å². The van der Waals surface area contributed by atoms with Crippen LogP contribution >= 0.6 is 11.3 Å². The van der Waals surface area contributed by atoms with Gasteiger partial charge in [0.15, 0.2) is 5.82 Å². The second-order valence-corrected chi connectivity index (χ2v) is 7.17. The number of benzene rings is 2. The lowest BCUT2D eigenvalue weighted by atomic mass is 10.1. The third-order valence-electron chi connectivity index (χ3n) is 4.46. The molecule has 2 heterocycles. The number of carboxylic acid groups (broad SMARTS) is 1. The second kappa shape index (κ2) is 6.81. The zero-order valence-corrected chi connectivity index (χ0v) is 15.7. The molecule has 0 fully saturated rings. The number of para-hydroxylation sites is 1. The van der Waals surface area contributed by atoms with Crippen LogP contribution in [-0.2, 0) is 0 Å². The molecular formula is C21H17N3O2S. The van der Waals surface area contributed by atoms with Crippen molar-refractivity contribution in [1.29, 1.82) is 0 Å². The van der Waals surface area contributed by atoms with Crippen LogP contribution in [0.2, 0.25) is 0 Å². The largest absolute Gasteiger partial charge is 0.477 e. The minimum absolute atomic E-state index is 0.298. The SMILES string of the molecule is Cc1c(C(=O)O)sc2nc(-c3ccccc3)nc(N(C)c3ccccc3)c12. The molecule has 6 heteroatoms. The van der Waals surface area contributed by atoms with E-state index >= 15 is 0 Å². The number of rotatable bonds is 4. The van der Waals surface area contributed by atoms with Crippen molar-refractivity contribution >= 4 is 39.0 Å². The normalized spacial score (nSPS) is 10.9. The summed E-state index contributed by atoms with van der Waals surface area (Å²) in [7, 11) is 1.93. The van der Waals surface area contributed by atoms with Gasteiger partial charge in [-0.1, -0.05) is 48.5 Å². The fourth-order valence-electron chi connectivity index (χ4n) is 3.05. The monoisotopic (exact) mass is 375 g/mol. The molecule has 0 radical (unpaired) electrons. The average Bonchev–Trinajstić information content (AvgIpc) is 3.05. The third kappa shape index (κ3) is 3.04. The lowest BCUT2D eigenvalue weighted by Gasteiger charge is -2.20. The number of aryl methyl sites for hydroxylation is 1. The molecule has 0 saturated heterocycles. The first-order chi connectivity index (χ1) is 13.1. The van der Waals surface area contributed by atoms with Crippen molar-refractivity contribution in [1.82, 2.24) is 9.97 Å². The van der Waals surface area contributed by atoms with Gasteiger partial charge in [0.1, 0.15) is 15.5 Å². The average molecular weight is 375 g/mol. The summed E-state index contributed by atoms with van der Waals surface area (Å²) in [6.07, 6.45) is 0. The minimum atomic E-state index is -0.940. The minimum Gasteiger partial charge on any atom is -0.477 e. The lowest BCUT2D eigenvalue weighted by molar-refractivity contribution is 0.0701. The van der Waals surface area contributed by atoms with Gasteiger partial charge in [-0.3, -0.25) is 0 Å². The molecule has 4 aromatic rings. The van der Waals surface area contributed by atoms with Gasteiger partial charge in [0, 0.05) is 18.3 Å². The number of aromatic carboxylic acids is 1. The predicted octanol–water partition coefficient (Wildman–Crippen LogP) is 5.13. The zero-order chi connectivity index (χ0) is 19.0. The number of fused-ring (bicyclic) bond motifs is 1. The fraction of sp³-hybridized carbons (Fsp3) is 0.0952. The number of thiophene rings is 1. The lowest BCUT2D eigenvalue weighted by Crippen LogP contribution is -2.12. The first-order valence-electron chi connectivity index (χ1n) is 8.45. The van der Waals surface area contributed by atoms with E-state index in [1.54, 1.807) is 0 Å². The van der Waals surface area contributed by atoms with Gasteiger partial charge < -0.3 is 10.0 Å². The molecule has 1 N–H and O–H groups in total. The van der Waals surface area contributed by atoms with Gasteiger partial charge in [-0.2, -0.15) is 0 Å². The van der Waals surface area contributed by atoms with E-state index in [2.05, 4.69) is 4.98 Å². The number of hydrogen-bond acceptors (Lipinski definition) is 5. The Balaban J connectivity index is 2.00. The van der Waals surface area contributed by atoms with Crippen molar-refractivity contribution in [3.05, 3.63) is 71.1 Å². The third-order valence-corrected chi connectivity index (χ3v) is 5.63. The maximum absolute atomic E-state index is 11.6. The summed E-state index contributed by atoms with van der Waals surface area (Å²) in [6, 6.07) is 19.6. The molecule has 0 unspecified atom stereocenters. The van der Waals surface area contributed by atoms with E-state index in [1.807, 2.05) is 79.5 Å². The van der Waals surface area contributed by atoms with Crippen molar-refractivity contribution in [2.24, 2.45) is 0 Å². The van der Waals surface area contributed by atoms with Gasteiger partial charge in [0.2, 0.25) is 0 Å². The highest BCUT2D eigenvalue weighted by molar-refractivity contribution is 7.20. The van der Waals surface area contributed by atoms with Crippen LogP contribution < -0.4 is 4.90 Å². The van der Waals surface area contributed by atoms with E-state index in [4.69, 9.17) is 4.98 Å². The highest BCUT2D eigenvalue weighted by Gasteiger charge is 2.22. The number of anilines is 2. The first-order valence-corrected chi connectivity index (χ1v) is 9.26. The Hall–Kier alpha value is -3.25. The summed E-state index contributed by atoms with van der Waals surface area (Å²) in [5.41, 5.74) is 2.56. The Morgan fingerprint density at radius 1 is 1.00 bits per heavy atom. The summed E-state index contributed by atoms with van der Waals surface area (Å²) < 4.78 is 0. The molecular weight excluding hydrogens is 358 g/mol. The Labute approximate surface area is 160 Å². The summed E-state index contributed by atoms with van der Waals surface area (Å²) in [6.45, 7) is 1.82. The van der Waals surface area contributed by atoms with Crippen LogP contribution in [0, 0.1) is 6.92 Å². The maximum atomic E-state index is 11.6. The predicted molar refractivity (Wildman–Crippen MR) is 109 cm³/mol. The zero-order valence-electron chi connectivity index (χ0n) is 14.9. The molecule has 0 spiro atoms. The molecule has 134 valence electrons. The van der Waals surface area contributed by atoms with Crippen molar-refractivity contribution in [3.8, 4) is 11.4 Å². The van der Waals surface area contributed by atoms with Crippen LogP contribution in [0.25, 0.3) is 21.6 Å². The number of carboxylic acids is 1. The number of hydrogen-bond donors (Lipinski definition) is 1. The molecule has 0 aliphatic heterocycles. The molecule has 0 amide bonds. The van der Waals surface area contributed by atoms with E-state index in [-0.39, 0.29) is 0 Å². The van der Waals surface area contributed by atoms with Crippen LogP contribution in [0.15, 0.2) is 60.7 Å². The summed E-state index contributed by atoms with van der Waals surface area (Å²) in [5, 5.41) is 10.3. The van der Waals surface area contributed by atoms with E-state index in [0.29, 0.717) is 26.9 Å². The first kappa shape index (κ1) is 17.2. The maximum Gasteiger partial charge on any atom is 0.346 e. The molecule has 0 atom stereocenters. The van der Waals surface area contributed by atoms with Gasteiger partial charge >= 0.3 is 5.97 Å². The quantitative estimate of drug-likeness (QED) is 0.535. The van der Waals surface area contributed by atoms with Gasteiger partial charge in [0.05, 0.1) is 5.39 Å². The Morgan fingerprint density at radius 2 is 1.63 bits per heavy atom. The molecule has 0 bridgehead atoms. The van der Waals surface area contributed by atoms with Crippen molar-refractivity contribution in [2.75, 3.05) is 11.9 Å². The van der Waals surface area contributed by atoms with E-state index in [0.717, 1.165) is 16.6 Å². The van der Waals surface area contributed by atoms with Gasteiger partial charge in [-0.05, 0) is 24.6 Å². The summed E-state index contributed by atoms with van der Waals surface area (Å²) in [5.74, 6) is 0.343. The topological polar surface area (TPSA) is 66.3 Å². The van der Waals surface area contributed by atoms with Crippen LogP contribution in [0.5, 0.6) is 0 Å². The van der Waals surface area contributed by atoms with E-state index in [9.17, 15) is 9.90 Å². The Kier molecular flexibility index (Phi) is 4.33. The molecule has 27 heavy (non-hydrogen) atoms. The van der Waals surface area contributed by atoms with E-state index in [1.165, 1.54) is 11.3 Å². The molecule has 0 saturated carbocycles. The molecule has 4 rings (SSSR count). The molecule has 0 aliphatic carbocycles. The molecule has 0 aliphatic rings. The number of carbonyl (C=O) groups is 1. The van der Waals surface area contributed by atoms with Crippen LogP contribution in [0.3, 0.4) is 0 Å². The Bertz CT molecular complexity index is 1120. The fourth-order valence-corrected chi connectivity index (χ4v) is 4.07. The number of aromatic nitrogens is 2. The molecule has 5 nitrogen and oxygen atoms in total. The van der Waals surface area contributed by atoms with Crippen LogP contribution in [-0.4, -0.2) is 28.1 Å². The van der Waals surface area contributed by atoms with Crippen molar-refractivity contribution in [3.63, 3.8) is 0 Å². The van der Waals surface area contributed by atoms with Crippen LogP contribution in [0.1, 0.15) is 15.2 Å². The smallest absolute Gasteiger partial charge is 0.346 e. The molecule has 2 aromatic heterocycles. The standard InChI is InChI=1S/C21H17N3O2S/c1-13-16-19(24(2)15-11-7-4-8-12-15)22-18(14-9-5-3-6-10-14)23-20(16)27-17(13)21(25)26/h3-12H,1-2H3,(H,25,26). The highest BCUT2D eigenvalue weighted by Crippen LogP contribution is 2.38. The van der Waals surface area contributed by atoms with Crippen LogP contribution in [0.4, 0.5) is 11.5 Å². The Morgan fingerprint density at radius 3 is 2.26 bits per heavy atom. The van der Waals surface area contributed by atoms with E-state index < -0.39 is 5.97 Å². The second-order valence-electron chi connectivity index (χ2n) is 6.17. The highest BCUT2D eigenvalue weighted by atomic mass is 32.1. The summed E-state index contributed by atoms with van der Waals surface area (Å²) in [4.78, 5) is 24.1. The van der Waals surface area contributed by atoms with Crippen molar-refractivity contribution in [2.45, 2.75) is 6.92 Å².